The molecule has 1 aromatic carbocycles. The van der Waals surface area contributed by atoms with Gasteiger partial charge in [-0.2, -0.15) is 15.8 Å². The summed E-state index contributed by atoms with van der Waals surface area (Å²) in [6.45, 7) is 13.6. The van der Waals surface area contributed by atoms with Crippen LogP contribution in [-0.2, 0) is 15.6 Å². The summed E-state index contributed by atoms with van der Waals surface area (Å²) in [5.74, 6) is 0.0702. The Morgan fingerprint density at radius 3 is 2.06 bits per heavy atom. The molecule has 0 fully saturated rings. The van der Waals surface area contributed by atoms with Crippen LogP contribution in [0.3, 0.4) is 0 Å². The highest BCUT2D eigenvalue weighted by atomic mass is 32.1. The molecule has 7 rings (SSSR count). The lowest BCUT2D eigenvalue weighted by molar-refractivity contribution is 0.0954. The molecule has 5 heterocycles. The van der Waals surface area contributed by atoms with Crippen molar-refractivity contribution >= 4 is 75.9 Å². The largest absolute Gasteiger partial charge is 0.480 e. The third kappa shape index (κ3) is 6.22. The van der Waals surface area contributed by atoms with Gasteiger partial charge in [0.2, 0.25) is 0 Å². The molecule has 2 aliphatic rings. The van der Waals surface area contributed by atoms with Crippen LogP contribution in [0.2, 0.25) is 0 Å². The van der Waals surface area contributed by atoms with E-state index in [4.69, 9.17) is 4.74 Å². The van der Waals surface area contributed by atoms with Crippen molar-refractivity contribution in [2.45, 2.75) is 103 Å². The summed E-state index contributed by atoms with van der Waals surface area (Å²) in [6, 6.07) is 19.7. The zero-order chi connectivity index (χ0) is 38.6. The highest BCUT2D eigenvalue weighted by molar-refractivity contribution is 7.35. The fourth-order valence-corrected chi connectivity index (χ4v) is 14.2. The molecule has 9 heteroatoms. The molecule has 4 aromatic heterocycles. The van der Waals surface area contributed by atoms with Crippen LogP contribution in [0.4, 0.5) is 5.69 Å². The Labute approximate surface area is 335 Å². The molecule has 1 aliphatic carbocycles. The van der Waals surface area contributed by atoms with E-state index < -0.39 is 5.60 Å². The minimum atomic E-state index is -0.845. The van der Waals surface area contributed by atoms with E-state index in [2.05, 4.69) is 95.2 Å². The zero-order valence-corrected chi connectivity index (χ0v) is 35.7. The van der Waals surface area contributed by atoms with Gasteiger partial charge in [-0.25, -0.2) is 0 Å². The summed E-state index contributed by atoms with van der Waals surface area (Å²) in [6.07, 6.45) is 12.8. The molecule has 1 atom stereocenters. The minimum Gasteiger partial charge on any atom is -0.480 e. The Morgan fingerprint density at radius 1 is 0.778 bits per heavy atom. The molecule has 0 bridgehead atoms. The highest BCUT2D eigenvalue weighted by Crippen LogP contribution is 2.65. The Kier molecular flexibility index (Phi) is 10.2. The molecular weight excluding hydrogens is 741 g/mol. The van der Waals surface area contributed by atoms with E-state index in [0.717, 1.165) is 11.3 Å². The summed E-state index contributed by atoms with van der Waals surface area (Å²) in [5.41, 5.74) is 5.24. The van der Waals surface area contributed by atoms with Crippen LogP contribution in [0.25, 0.3) is 45.1 Å². The summed E-state index contributed by atoms with van der Waals surface area (Å²) < 4.78 is 11.5. The molecule has 5 nitrogen and oxygen atoms in total. The van der Waals surface area contributed by atoms with Crippen LogP contribution in [0.1, 0.15) is 102 Å². The standard InChI is InChI=1S/C45H46N4OS4/c1-9-10-11-12-13-14-21-45(6)37-40-35(23-33(52-40)27-15-17-29(18-16-27)49(7)8)54-42(37)41-36(43(45,2)3)39-34(53-41)22-30(51-39)19-20-32-31(26-48)38(28(24-46)25-47)50-44(32,4)5/h15-20,22-23H,9-14,21H2,1-8H3/b20-19+. The van der Waals surface area contributed by atoms with Gasteiger partial charge in [-0.15, -0.1) is 45.3 Å². The van der Waals surface area contributed by atoms with Crippen molar-refractivity contribution in [2.24, 2.45) is 0 Å². The van der Waals surface area contributed by atoms with Gasteiger partial charge in [0.25, 0.3) is 0 Å². The Morgan fingerprint density at radius 2 is 1.41 bits per heavy atom. The molecule has 5 aromatic rings. The van der Waals surface area contributed by atoms with Crippen molar-refractivity contribution in [1.29, 1.82) is 15.8 Å². The Bertz CT molecular complexity index is 2470. The topological polar surface area (TPSA) is 83.8 Å². The molecule has 0 saturated heterocycles. The molecule has 0 N–H and O–H groups in total. The van der Waals surface area contributed by atoms with Gasteiger partial charge in [0.05, 0.1) is 19.2 Å². The molecule has 1 unspecified atom stereocenters. The summed E-state index contributed by atoms with van der Waals surface area (Å²) >= 11 is 7.69. The number of unbranched alkanes of at least 4 members (excludes halogenated alkanes) is 5. The van der Waals surface area contributed by atoms with Crippen LogP contribution in [0, 0.1) is 34.0 Å². The van der Waals surface area contributed by atoms with Crippen molar-refractivity contribution < 1.29 is 4.74 Å². The lowest BCUT2D eigenvalue weighted by Gasteiger charge is -2.48. The first kappa shape index (κ1) is 38.1. The van der Waals surface area contributed by atoms with E-state index in [-0.39, 0.29) is 27.7 Å². The van der Waals surface area contributed by atoms with Crippen LogP contribution in [0.5, 0.6) is 0 Å². The number of allylic oxidation sites excluding steroid dienone is 2. The van der Waals surface area contributed by atoms with Crippen LogP contribution in [-0.4, -0.2) is 19.7 Å². The summed E-state index contributed by atoms with van der Waals surface area (Å²) in [5, 5.41) is 29.1. The van der Waals surface area contributed by atoms with Crippen LogP contribution >= 0.6 is 45.3 Å². The van der Waals surface area contributed by atoms with Crippen molar-refractivity contribution in [3.05, 3.63) is 81.0 Å². The molecule has 1 aliphatic heterocycles. The maximum absolute atomic E-state index is 10.1. The minimum absolute atomic E-state index is 0.0527. The first-order valence-corrected chi connectivity index (χ1v) is 22.0. The second kappa shape index (κ2) is 14.5. The number of benzene rings is 1. The number of hydrogen-bond donors (Lipinski definition) is 0. The summed E-state index contributed by atoms with van der Waals surface area (Å²) in [4.78, 5) is 7.47. The van der Waals surface area contributed by atoms with Gasteiger partial charge in [0.1, 0.15) is 29.4 Å². The monoisotopic (exact) mass is 786 g/mol. The fourth-order valence-electron chi connectivity index (χ4n) is 8.26. The van der Waals surface area contributed by atoms with Crippen molar-refractivity contribution in [1.82, 2.24) is 0 Å². The van der Waals surface area contributed by atoms with Crippen molar-refractivity contribution in [3.63, 3.8) is 0 Å². The number of nitriles is 3. The molecule has 0 spiro atoms. The van der Waals surface area contributed by atoms with E-state index in [1.54, 1.807) is 5.56 Å². The van der Waals surface area contributed by atoms with Gasteiger partial charge in [-0.1, -0.05) is 84.4 Å². The first-order valence-electron chi connectivity index (χ1n) is 18.8. The first-order chi connectivity index (χ1) is 25.8. The number of hydrogen-bond acceptors (Lipinski definition) is 9. The number of rotatable bonds is 11. The second-order valence-electron chi connectivity index (χ2n) is 15.9. The van der Waals surface area contributed by atoms with Crippen molar-refractivity contribution in [2.75, 3.05) is 19.0 Å². The number of ether oxygens (including phenoxy) is 1. The third-order valence-electron chi connectivity index (χ3n) is 11.7. The molecule has 276 valence electrons. The van der Waals surface area contributed by atoms with Gasteiger partial charge in [-0.05, 0) is 67.3 Å². The Balaban J connectivity index is 1.32. The number of nitrogens with zero attached hydrogens (tertiary/aromatic N) is 4. The molecular formula is C45H46N4OS4. The third-order valence-corrected chi connectivity index (χ3v) is 16.7. The molecule has 0 amide bonds. The average Bonchev–Trinajstić information content (AvgIpc) is 3.93. The van der Waals surface area contributed by atoms with E-state index in [1.807, 2.05) is 77.4 Å². The predicted molar refractivity (Wildman–Crippen MR) is 232 cm³/mol. The summed E-state index contributed by atoms with van der Waals surface area (Å²) in [7, 11) is 4.17. The van der Waals surface area contributed by atoms with Crippen LogP contribution in [0.15, 0.2) is 65.0 Å². The van der Waals surface area contributed by atoms with E-state index >= 15 is 0 Å². The molecule has 54 heavy (non-hydrogen) atoms. The molecule has 0 saturated carbocycles. The highest BCUT2D eigenvalue weighted by Gasteiger charge is 2.52. The quantitative estimate of drug-likeness (QED) is 0.0983. The lowest BCUT2D eigenvalue weighted by atomic mass is 9.55. The van der Waals surface area contributed by atoms with Gasteiger partial charge in [0.15, 0.2) is 11.3 Å². The van der Waals surface area contributed by atoms with Gasteiger partial charge in [-0.3, -0.25) is 0 Å². The zero-order valence-electron chi connectivity index (χ0n) is 32.4. The average molecular weight is 787 g/mol. The maximum Gasteiger partial charge on any atom is 0.172 e. The predicted octanol–water partition coefficient (Wildman–Crippen LogP) is 13.9. The fraction of sp³-hybridized carbons (Fsp3) is 0.400. The van der Waals surface area contributed by atoms with E-state index in [0.29, 0.717) is 5.57 Å². The number of fused-ring (bicyclic) bond motifs is 7. The van der Waals surface area contributed by atoms with Gasteiger partial charge < -0.3 is 9.64 Å². The van der Waals surface area contributed by atoms with E-state index in [9.17, 15) is 15.8 Å². The number of thiophene rings is 4. The maximum atomic E-state index is 10.1. The Hall–Kier alpha value is -4.17. The molecule has 0 radical (unpaired) electrons. The van der Waals surface area contributed by atoms with Gasteiger partial charge in [0, 0.05) is 55.3 Å². The van der Waals surface area contributed by atoms with Crippen LogP contribution < -0.4 is 4.90 Å². The normalized spacial score (nSPS) is 18.4. The SMILES string of the molecule is CCCCCCCCC1(C)c2c(sc3cc(-c4ccc(N(C)C)cc4)sc23)-c2sc3cc(/C=C/C4=C(C#N)C(=C(C#N)C#N)OC4(C)C)sc3c2C1(C)C. The second-order valence-corrected chi connectivity index (χ2v) is 20.2. The van der Waals surface area contributed by atoms with Crippen molar-refractivity contribution in [3.8, 4) is 38.4 Å². The number of anilines is 1. The smallest absolute Gasteiger partial charge is 0.172 e. The lowest BCUT2D eigenvalue weighted by Crippen LogP contribution is -2.45. The van der Waals surface area contributed by atoms with E-state index in [1.165, 1.54) is 88.8 Å². The van der Waals surface area contributed by atoms with Gasteiger partial charge >= 0.3 is 0 Å².